The Morgan fingerprint density at radius 1 is 1.73 bits per heavy atom. The van der Waals surface area contributed by atoms with E-state index >= 15 is 0 Å². The number of nitrogens with one attached hydrogen (secondary N) is 1. The molecule has 0 saturated heterocycles. The zero-order valence-electron chi connectivity index (χ0n) is 6.45. The first-order chi connectivity index (χ1) is 5.34. The topological polar surface area (TPSA) is 46.9 Å². The molecule has 0 aliphatic rings. The molecule has 4 nitrogen and oxygen atoms in total. The van der Waals surface area contributed by atoms with Gasteiger partial charge in [0.05, 0.1) is 6.20 Å². The molecule has 0 saturated carbocycles. The molecule has 11 heavy (non-hydrogen) atoms. The van der Waals surface area contributed by atoms with Crippen LogP contribution in [0.1, 0.15) is 0 Å². The number of nitrogens with zero attached hydrogens (tertiary/aromatic N) is 2. The Morgan fingerprint density at radius 2 is 2.55 bits per heavy atom. The zero-order valence-corrected chi connectivity index (χ0v) is 6.45. The van der Waals surface area contributed by atoms with E-state index in [4.69, 9.17) is 0 Å². The number of aromatic nitrogens is 2. The Balaban J connectivity index is 2.70. The van der Waals surface area contributed by atoms with E-state index < -0.39 is 0 Å². The largest absolute Gasteiger partial charge is 0.318 e. The van der Waals surface area contributed by atoms with Crippen LogP contribution >= 0.6 is 0 Å². The minimum absolute atomic E-state index is 0.0530. The molecule has 0 aliphatic carbocycles. The third-order valence-electron chi connectivity index (χ3n) is 1.40. The van der Waals surface area contributed by atoms with Gasteiger partial charge in [-0.15, -0.1) is 0 Å². The molecule has 1 aromatic heterocycles. The monoisotopic (exact) mass is 153 g/mol. The second-order valence-electron chi connectivity index (χ2n) is 2.21. The molecule has 0 aromatic carbocycles. The lowest BCUT2D eigenvalue weighted by Crippen LogP contribution is -2.24. The van der Waals surface area contributed by atoms with Gasteiger partial charge in [-0.2, -0.15) is 0 Å². The van der Waals surface area contributed by atoms with Gasteiger partial charge >= 0.3 is 0 Å². The molecule has 0 atom stereocenters. The highest BCUT2D eigenvalue weighted by Crippen LogP contribution is 1.75. The Hall–Kier alpha value is -1.16. The second kappa shape index (κ2) is 3.88. The van der Waals surface area contributed by atoms with Crippen LogP contribution in [-0.4, -0.2) is 23.1 Å². The van der Waals surface area contributed by atoms with Gasteiger partial charge in [0.1, 0.15) is 0 Å². The molecule has 0 aliphatic heterocycles. The molecule has 1 rings (SSSR count). The summed E-state index contributed by atoms with van der Waals surface area (Å²) in [5, 5.41) is 2.96. The van der Waals surface area contributed by atoms with Gasteiger partial charge < -0.3 is 9.88 Å². The molecule has 0 fully saturated rings. The highest BCUT2D eigenvalue weighted by molar-refractivity contribution is 4.79. The van der Waals surface area contributed by atoms with Gasteiger partial charge in [0, 0.05) is 25.5 Å². The molecule has 1 N–H and O–H groups in total. The molecule has 60 valence electrons. The molecule has 0 amide bonds. The fourth-order valence-corrected chi connectivity index (χ4v) is 0.790. The molecular formula is C7H11N3O. The van der Waals surface area contributed by atoms with Crippen molar-refractivity contribution in [3.05, 3.63) is 28.9 Å². The Morgan fingerprint density at radius 3 is 3.18 bits per heavy atom. The van der Waals surface area contributed by atoms with E-state index in [1.165, 1.54) is 6.20 Å². The lowest BCUT2D eigenvalue weighted by molar-refractivity contribution is 0.622. The van der Waals surface area contributed by atoms with Gasteiger partial charge in [0.15, 0.2) is 0 Å². The molecule has 0 radical (unpaired) electrons. The van der Waals surface area contributed by atoms with Crippen molar-refractivity contribution in [3.8, 4) is 0 Å². The molecule has 1 aromatic rings. The van der Waals surface area contributed by atoms with E-state index in [-0.39, 0.29) is 5.56 Å². The molecule has 4 heteroatoms. The van der Waals surface area contributed by atoms with Crippen molar-refractivity contribution < 1.29 is 0 Å². The van der Waals surface area contributed by atoms with Crippen molar-refractivity contribution in [3.63, 3.8) is 0 Å². The number of likely N-dealkylation sites (N-methyl/N-ethyl adjacent to an activating group) is 1. The summed E-state index contributed by atoms with van der Waals surface area (Å²) in [7, 11) is 1.85. The van der Waals surface area contributed by atoms with E-state index in [1.54, 1.807) is 17.0 Å². The normalized spacial score (nSPS) is 9.91. The first-order valence-electron chi connectivity index (χ1n) is 3.49. The lowest BCUT2D eigenvalue weighted by Gasteiger charge is -2.01. The first-order valence-corrected chi connectivity index (χ1v) is 3.49. The smallest absolute Gasteiger partial charge is 0.269 e. The fourth-order valence-electron chi connectivity index (χ4n) is 0.790. The first kappa shape index (κ1) is 7.94. The highest BCUT2D eigenvalue weighted by atomic mass is 16.1. The average Bonchev–Trinajstić information content (AvgIpc) is 2.03. The van der Waals surface area contributed by atoms with Crippen LogP contribution < -0.4 is 10.9 Å². The van der Waals surface area contributed by atoms with E-state index in [2.05, 4.69) is 10.3 Å². The maximum Gasteiger partial charge on any atom is 0.269 e. The average molecular weight is 153 g/mol. The number of hydrogen-bond acceptors (Lipinski definition) is 3. The summed E-state index contributed by atoms with van der Waals surface area (Å²) in [6.07, 6.45) is 4.60. The zero-order chi connectivity index (χ0) is 8.10. The van der Waals surface area contributed by atoms with Crippen LogP contribution in [0.25, 0.3) is 0 Å². The van der Waals surface area contributed by atoms with Crippen LogP contribution in [0.5, 0.6) is 0 Å². The standard InChI is InChI=1S/C7H11N3O/c1-8-2-4-10-5-3-9-6-7(10)11/h3,5-6,8H,2,4H2,1H3. The Bertz CT molecular complexity index is 268. The summed E-state index contributed by atoms with van der Waals surface area (Å²) in [4.78, 5) is 14.7. The third-order valence-corrected chi connectivity index (χ3v) is 1.40. The Kier molecular flexibility index (Phi) is 2.80. The maximum absolute atomic E-state index is 11.0. The molecular weight excluding hydrogens is 142 g/mol. The maximum atomic E-state index is 11.0. The van der Waals surface area contributed by atoms with Crippen molar-refractivity contribution in [2.75, 3.05) is 13.6 Å². The van der Waals surface area contributed by atoms with Crippen LogP contribution in [0.3, 0.4) is 0 Å². The summed E-state index contributed by atoms with van der Waals surface area (Å²) in [6.45, 7) is 1.49. The van der Waals surface area contributed by atoms with E-state index in [0.29, 0.717) is 6.54 Å². The molecule has 0 unspecified atom stereocenters. The van der Waals surface area contributed by atoms with Crippen LogP contribution in [0.2, 0.25) is 0 Å². The summed E-state index contributed by atoms with van der Waals surface area (Å²) in [6, 6.07) is 0. The second-order valence-corrected chi connectivity index (χ2v) is 2.21. The molecule has 1 heterocycles. The minimum Gasteiger partial charge on any atom is -0.318 e. The van der Waals surface area contributed by atoms with Crippen LogP contribution in [-0.2, 0) is 6.54 Å². The number of hydrogen-bond donors (Lipinski definition) is 1. The predicted molar refractivity (Wildman–Crippen MR) is 42.4 cm³/mol. The van der Waals surface area contributed by atoms with Crippen LogP contribution in [0.15, 0.2) is 23.4 Å². The molecule has 0 bridgehead atoms. The SMILES string of the molecule is CNCCn1ccncc1=O. The third kappa shape index (κ3) is 2.16. The fraction of sp³-hybridized carbons (Fsp3) is 0.429. The summed E-state index contributed by atoms with van der Waals surface area (Å²) < 4.78 is 1.61. The van der Waals surface area contributed by atoms with Gasteiger partial charge in [-0.25, -0.2) is 0 Å². The minimum atomic E-state index is -0.0530. The van der Waals surface area contributed by atoms with Gasteiger partial charge in [-0.3, -0.25) is 9.78 Å². The highest BCUT2D eigenvalue weighted by Gasteiger charge is 1.90. The van der Waals surface area contributed by atoms with Gasteiger partial charge in [-0.05, 0) is 7.05 Å². The van der Waals surface area contributed by atoms with Gasteiger partial charge in [0.2, 0.25) is 0 Å². The van der Waals surface area contributed by atoms with Gasteiger partial charge in [-0.1, -0.05) is 0 Å². The number of rotatable bonds is 3. The van der Waals surface area contributed by atoms with Crippen molar-refractivity contribution >= 4 is 0 Å². The van der Waals surface area contributed by atoms with E-state index in [1.807, 2.05) is 7.05 Å². The van der Waals surface area contributed by atoms with Crippen molar-refractivity contribution in [1.29, 1.82) is 0 Å². The van der Waals surface area contributed by atoms with Crippen molar-refractivity contribution in [2.24, 2.45) is 0 Å². The van der Waals surface area contributed by atoms with Crippen molar-refractivity contribution in [2.45, 2.75) is 6.54 Å². The Labute approximate surface area is 64.9 Å². The van der Waals surface area contributed by atoms with E-state index in [0.717, 1.165) is 6.54 Å². The predicted octanol–water partition coefficient (Wildman–Crippen LogP) is -0.537. The van der Waals surface area contributed by atoms with Gasteiger partial charge in [0.25, 0.3) is 5.56 Å². The molecule has 0 spiro atoms. The van der Waals surface area contributed by atoms with Crippen LogP contribution in [0.4, 0.5) is 0 Å². The summed E-state index contributed by atoms with van der Waals surface area (Å²) in [5.41, 5.74) is -0.0530. The summed E-state index contributed by atoms with van der Waals surface area (Å²) in [5.74, 6) is 0. The van der Waals surface area contributed by atoms with Crippen LogP contribution in [0, 0.1) is 0 Å². The summed E-state index contributed by atoms with van der Waals surface area (Å²) >= 11 is 0. The van der Waals surface area contributed by atoms with Crippen molar-refractivity contribution in [1.82, 2.24) is 14.9 Å². The quantitative estimate of drug-likeness (QED) is 0.634. The lowest BCUT2D eigenvalue weighted by atomic mass is 10.5. The van der Waals surface area contributed by atoms with E-state index in [9.17, 15) is 4.79 Å².